The molecule has 70 valence electrons. The van der Waals surface area contributed by atoms with E-state index in [9.17, 15) is 4.79 Å². The molecule has 0 radical (unpaired) electrons. The SMILES string of the molecule is Cc1c(C=O)cnc2cc(Cl)ccc12. The molecule has 0 aliphatic carbocycles. The Morgan fingerprint density at radius 2 is 2.21 bits per heavy atom. The van der Waals surface area contributed by atoms with Crippen molar-refractivity contribution < 1.29 is 4.79 Å². The average Bonchev–Trinajstić information content (AvgIpc) is 2.18. The molecule has 0 aliphatic heterocycles. The summed E-state index contributed by atoms with van der Waals surface area (Å²) in [4.78, 5) is 14.8. The van der Waals surface area contributed by atoms with Crippen LogP contribution >= 0.6 is 11.6 Å². The van der Waals surface area contributed by atoms with Gasteiger partial charge in [0.1, 0.15) is 0 Å². The Hall–Kier alpha value is -1.41. The number of fused-ring (bicyclic) bond motifs is 1. The molecule has 0 bridgehead atoms. The summed E-state index contributed by atoms with van der Waals surface area (Å²) in [6, 6.07) is 5.47. The van der Waals surface area contributed by atoms with Gasteiger partial charge < -0.3 is 0 Å². The molecule has 0 amide bonds. The van der Waals surface area contributed by atoms with Crippen LogP contribution in [0.5, 0.6) is 0 Å². The Bertz CT molecular complexity index is 508. The zero-order valence-electron chi connectivity index (χ0n) is 7.62. The van der Waals surface area contributed by atoms with Gasteiger partial charge in [-0.05, 0) is 24.6 Å². The highest BCUT2D eigenvalue weighted by Crippen LogP contribution is 2.21. The monoisotopic (exact) mass is 205 g/mol. The summed E-state index contributed by atoms with van der Waals surface area (Å²) in [6.45, 7) is 1.90. The van der Waals surface area contributed by atoms with Gasteiger partial charge >= 0.3 is 0 Å². The fourth-order valence-corrected chi connectivity index (χ4v) is 1.61. The van der Waals surface area contributed by atoms with E-state index in [4.69, 9.17) is 11.6 Å². The molecule has 0 saturated carbocycles. The topological polar surface area (TPSA) is 30.0 Å². The molecule has 0 aliphatic rings. The van der Waals surface area contributed by atoms with Crippen molar-refractivity contribution >= 4 is 28.8 Å². The van der Waals surface area contributed by atoms with Crippen molar-refractivity contribution in [3.63, 3.8) is 0 Å². The number of halogens is 1. The van der Waals surface area contributed by atoms with Crippen molar-refractivity contribution in [3.05, 3.63) is 40.5 Å². The summed E-state index contributed by atoms with van der Waals surface area (Å²) in [5.74, 6) is 0. The van der Waals surface area contributed by atoms with E-state index in [-0.39, 0.29) is 0 Å². The molecule has 3 heteroatoms. The second-order valence-electron chi connectivity index (χ2n) is 3.12. The number of hydrogen-bond acceptors (Lipinski definition) is 2. The summed E-state index contributed by atoms with van der Waals surface area (Å²) >= 11 is 5.84. The van der Waals surface area contributed by atoms with Crippen LogP contribution in [0, 0.1) is 6.92 Å². The van der Waals surface area contributed by atoms with Crippen molar-refractivity contribution in [1.29, 1.82) is 0 Å². The van der Waals surface area contributed by atoms with Crippen LogP contribution in [-0.2, 0) is 0 Å². The molecule has 1 heterocycles. The van der Waals surface area contributed by atoms with Gasteiger partial charge in [0, 0.05) is 22.2 Å². The highest BCUT2D eigenvalue weighted by molar-refractivity contribution is 6.31. The summed E-state index contributed by atoms with van der Waals surface area (Å²) in [5, 5.41) is 1.63. The number of benzene rings is 1. The van der Waals surface area contributed by atoms with E-state index < -0.39 is 0 Å². The Morgan fingerprint density at radius 3 is 2.93 bits per heavy atom. The smallest absolute Gasteiger partial charge is 0.151 e. The summed E-state index contributed by atoms with van der Waals surface area (Å²) in [5.41, 5.74) is 2.39. The van der Waals surface area contributed by atoms with E-state index in [1.807, 2.05) is 13.0 Å². The zero-order chi connectivity index (χ0) is 10.1. The molecule has 0 atom stereocenters. The Balaban J connectivity index is 2.83. The first kappa shape index (κ1) is 9.16. The van der Waals surface area contributed by atoms with Crippen LogP contribution in [0.25, 0.3) is 10.9 Å². The van der Waals surface area contributed by atoms with Gasteiger partial charge in [-0.15, -0.1) is 0 Å². The van der Waals surface area contributed by atoms with E-state index >= 15 is 0 Å². The third-order valence-corrected chi connectivity index (χ3v) is 2.50. The van der Waals surface area contributed by atoms with Crippen LogP contribution in [0.3, 0.4) is 0 Å². The summed E-state index contributed by atoms with van der Waals surface area (Å²) in [6.07, 6.45) is 2.39. The molecule has 0 unspecified atom stereocenters. The second kappa shape index (κ2) is 3.39. The highest BCUT2D eigenvalue weighted by atomic mass is 35.5. The lowest BCUT2D eigenvalue weighted by Crippen LogP contribution is -1.90. The van der Waals surface area contributed by atoms with Crippen molar-refractivity contribution in [2.45, 2.75) is 6.92 Å². The number of aromatic nitrogens is 1. The predicted molar refractivity (Wildman–Crippen MR) is 56.9 cm³/mol. The molecule has 2 aromatic rings. The van der Waals surface area contributed by atoms with E-state index in [0.29, 0.717) is 10.6 Å². The lowest BCUT2D eigenvalue weighted by Gasteiger charge is -2.03. The van der Waals surface area contributed by atoms with Gasteiger partial charge in [-0.2, -0.15) is 0 Å². The van der Waals surface area contributed by atoms with Crippen molar-refractivity contribution in [2.24, 2.45) is 0 Å². The van der Waals surface area contributed by atoms with Crippen molar-refractivity contribution in [1.82, 2.24) is 4.98 Å². The lowest BCUT2D eigenvalue weighted by atomic mass is 10.1. The van der Waals surface area contributed by atoms with E-state index in [1.54, 1.807) is 18.3 Å². The Labute approximate surface area is 86.5 Å². The number of carbonyl (C=O) groups is 1. The number of carbonyl (C=O) groups excluding carboxylic acids is 1. The minimum Gasteiger partial charge on any atom is -0.298 e. The number of rotatable bonds is 1. The third-order valence-electron chi connectivity index (χ3n) is 2.27. The largest absolute Gasteiger partial charge is 0.298 e. The minimum absolute atomic E-state index is 0.625. The molecule has 2 rings (SSSR count). The fraction of sp³-hybridized carbons (Fsp3) is 0.0909. The standard InChI is InChI=1S/C11H8ClNO/c1-7-8(6-14)5-13-11-4-9(12)2-3-10(7)11/h2-6H,1H3. The average molecular weight is 206 g/mol. The normalized spacial score (nSPS) is 10.4. The number of aldehydes is 1. The highest BCUT2D eigenvalue weighted by Gasteiger charge is 2.03. The first-order valence-corrected chi connectivity index (χ1v) is 4.60. The van der Waals surface area contributed by atoms with Gasteiger partial charge in [0.05, 0.1) is 5.52 Å². The van der Waals surface area contributed by atoms with Crippen LogP contribution < -0.4 is 0 Å². The van der Waals surface area contributed by atoms with Gasteiger partial charge in [0.2, 0.25) is 0 Å². The number of pyridine rings is 1. The lowest BCUT2D eigenvalue weighted by molar-refractivity contribution is 0.112. The van der Waals surface area contributed by atoms with Gasteiger partial charge in [0.25, 0.3) is 0 Å². The maximum absolute atomic E-state index is 10.7. The molecule has 1 aromatic carbocycles. The number of hydrogen-bond donors (Lipinski definition) is 0. The first-order chi connectivity index (χ1) is 6.72. The van der Waals surface area contributed by atoms with Crippen molar-refractivity contribution in [3.8, 4) is 0 Å². The quantitative estimate of drug-likeness (QED) is 0.670. The minimum atomic E-state index is 0.625. The van der Waals surface area contributed by atoms with Gasteiger partial charge in [-0.25, -0.2) is 0 Å². The van der Waals surface area contributed by atoms with Crippen LogP contribution in [0.15, 0.2) is 24.4 Å². The van der Waals surface area contributed by atoms with Crippen LogP contribution in [0.4, 0.5) is 0 Å². The molecule has 0 N–H and O–H groups in total. The van der Waals surface area contributed by atoms with E-state index in [1.165, 1.54) is 0 Å². The molecular formula is C11H8ClNO. The molecule has 0 saturated heterocycles. The third kappa shape index (κ3) is 1.38. The number of aryl methyl sites for hydroxylation is 1. The van der Waals surface area contributed by atoms with Gasteiger partial charge in [-0.1, -0.05) is 17.7 Å². The molecule has 1 aromatic heterocycles. The Kier molecular flexibility index (Phi) is 2.22. The zero-order valence-corrected chi connectivity index (χ0v) is 8.38. The second-order valence-corrected chi connectivity index (χ2v) is 3.55. The van der Waals surface area contributed by atoms with Crippen LogP contribution in [0.2, 0.25) is 5.02 Å². The molecule has 14 heavy (non-hydrogen) atoms. The first-order valence-electron chi connectivity index (χ1n) is 4.22. The van der Waals surface area contributed by atoms with E-state index in [2.05, 4.69) is 4.98 Å². The van der Waals surface area contributed by atoms with Crippen LogP contribution in [0.1, 0.15) is 15.9 Å². The number of nitrogens with zero attached hydrogens (tertiary/aromatic N) is 1. The molecule has 0 spiro atoms. The van der Waals surface area contributed by atoms with Crippen molar-refractivity contribution in [2.75, 3.05) is 0 Å². The maximum Gasteiger partial charge on any atom is 0.151 e. The summed E-state index contributed by atoms with van der Waals surface area (Å²) < 4.78 is 0. The molecular weight excluding hydrogens is 198 g/mol. The molecule has 0 fully saturated rings. The summed E-state index contributed by atoms with van der Waals surface area (Å²) in [7, 11) is 0. The maximum atomic E-state index is 10.7. The van der Waals surface area contributed by atoms with Gasteiger partial charge in [-0.3, -0.25) is 9.78 Å². The fourth-order valence-electron chi connectivity index (χ4n) is 1.44. The Morgan fingerprint density at radius 1 is 1.43 bits per heavy atom. The van der Waals surface area contributed by atoms with E-state index in [0.717, 1.165) is 22.8 Å². The predicted octanol–water partition coefficient (Wildman–Crippen LogP) is 3.01. The molecule has 2 nitrogen and oxygen atoms in total. The van der Waals surface area contributed by atoms with Gasteiger partial charge in [0.15, 0.2) is 6.29 Å². The van der Waals surface area contributed by atoms with Crippen LogP contribution in [-0.4, -0.2) is 11.3 Å².